The Hall–Kier alpha value is -2.39. The lowest BCUT2D eigenvalue weighted by Crippen LogP contribution is -2.35. The van der Waals surface area contributed by atoms with Gasteiger partial charge in [0.2, 0.25) is 10.0 Å². The van der Waals surface area contributed by atoms with Crippen molar-refractivity contribution in [3.63, 3.8) is 0 Å². The van der Waals surface area contributed by atoms with E-state index >= 15 is 0 Å². The number of aromatic nitrogens is 1. The third kappa shape index (κ3) is 4.41. The molecule has 32 heavy (non-hydrogen) atoms. The molecule has 10 heteroatoms. The normalized spacial score (nSPS) is 15.0. The second kappa shape index (κ2) is 9.23. The molecule has 0 atom stereocenters. The van der Waals surface area contributed by atoms with E-state index in [1.165, 1.54) is 16.4 Å². The van der Waals surface area contributed by atoms with Crippen LogP contribution < -0.4 is 5.32 Å². The van der Waals surface area contributed by atoms with Gasteiger partial charge in [-0.2, -0.15) is 4.31 Å². The lowest BCUT2D eigenvalue weighted by atomic mass is 10.1. The van der Waals surface area contributed by atoms with Gasteiger partial charge in [-0.25, -0.2) is 8.42 Å². The molecule has 0 saturated carbocycles. The zero-order valence-electron chi connectivity index (χ0n) is 17.3. The predicted molar refractivity (Wildman–Crippen MR) is 124 cm³/mol. The van der Waals surface area contributed by atoms with Crippen molar-refractivity contribution in [2.45, 2.75) is 31.1 Å². The van der Waals surface area contributed by atoms with Gasteiger partial charge in [0.1, 0.15) is 17.0 Å². The van der Waals surface area contributed by atoms with E-state index in [4.69, 9.17) is 27.7 Å². The minimum absolute atomic E-state index is 0.133. The fourth-order valence-corrected chi connectivity index (χ4v) is 5.86. The molecule has 0 spiro atoms. The van der Waals surface area contributed by atoms with E-state index < -0.39 is 15.9 Å². The topological polar surface area (TPSA) is 92.5 Å². The molecule has 1 fully saturated rings. The van der Waals surface area contributed by atoms with Gasteiger partial charge in [-0.15, -0.1) is 0 Å². The molecule has 0 radical (unpaired) electrons. The first kappa shape index (κ1) is 22.8. The van der Waals surface area contributed by atoms with Crippen LogP contribution in [0, 0.1) is 6.92 Å². The molecule has 4 rings (SSSR count). The summed E-state index contributed by atoms with van der Waals surface area (Å²) < 4.78 is 32.7. The zero-order valence-corrected chi connectivity index (χ0v) is 19.6. The number of aryl methyl sites for hydroxylation is 1. The third-order valence-corrected chi connectivity index (χ3v) is 7.86. The fourth-order valence-electron chi connectivity index (χ4n) is 3.72. The molecule has 1 aromatic heterocycles. The van der Waals surface area contributed by atoms with E-state index in [1.807, 2.05) is 0 Å². The molecular weight excluding hydrogens is 473 g/mol. The van der Waals surface area contributed by atoms with Crippen molar-refractivity contribution in [3.8, 4) is 11.3 Å². The molecule has 7 nitrogen and oxygen atoms in total. The second-order valence-corrected chi connectivity index (χ2v) is 10.3. The van der Waals surface area contributed by atoms with Crippen molar-refractivity contribution in [2.24, 2.45) is 0 Å². The number of hydrogen-bond acceptors (Lipinski definition) is 5. The van der Waals surface area contributed by atoms with Crippen molar-refractivity contribution >= 4 is 44.8 Å². The maximum Gasteiger partial charge on any atom is 0.261 e. The van der Waals surface area contributed by atoms with E-state index in [9.17, 15) is 13.2 Å². The van der Waals surface area contributed by atoms with Crippen LogP contribution in [0.2, 0.25) is 10.0 Å². The molecule has 0 unspecified atom stereocenters. The van der Waals surface area contributed by atoms with Crippen molar-refractivity contribution in [1.29, 1.82) is 0 Å². The van der Waals surface area contributed by atoms with Crippen molar-refractivity contribution in [1.82, 2.24) is 9.46 Å². The van der Waals surface area contributed by atoms with Gasteiger partial charge in [0.15, 0.2) is 0 Å². The van der Waals surface area contributed by atoms with Crippen LogP contribution in [0.4, 0.5) is 5.69 Å². The Morgan fingerprint density at radius 1 is 1.06 bits per heavy atom. The number of anilines is 1. The van der Waals surface area contributed by atoms with Crippen LogP contribution in [0.5, 0.6) is 0 Å². The van der Waals surface area contributed by atoms with Crippen LogP contribution >= 0.6 is 23.2 Å². The van der Waals surface area contributed by atoms with Gasteiger partial charge in [-0.05, 0) is 50.1 Å². The summed E-state index contributed by atoms with van der Waals surface area (Å²) in [7, 11) is -3.63. The molecule has 1 aliphatic rings. The van der Waals surface area contributed by atoms with Crippen LogP contribution in [-0.2, 0) is 10.0 Å². The predicted octanol–water partition coefficient (Wildman–Crippen LogP) is 5.38. The number of nitrogens with zero attached hydrogens (tertiary/aromatic N) is 2. The molecule has 3 aromatic rings. The highest BCUT2D eigenvalue weighted by Gasteiger charge is 2.27. The molecule has 168 valence electrons. The maximum atomic E-state index is 13.1. The molecular formula is C22H21Cl2N3O4S. The third-order valence-electron chi connectivity index (χ3n) is 5.33. The molecule has 2 heterocycles. The molecule has 1 N–H and O–H groups in total. The molecule has 1 aliphatic heterocycles. The van der Waals surface area contributed by atoms with Crippen LogP contribution in [-0.4, -0.2) is 36.9 Å². The summed E-state index contributed by atoms with van der Waals surface area (Å²) in [4.78, 5) is 13.3. The van der Waals surface area contributed by atoms with Gasteiger partial charge < -0.3 is 9.84 Å². The number of sulfonamides is 1. The number of nitrogens with one attached hydrogen (secondary N) is 1. The zero-order chi connectivity index (χ0) is 22.9. The van der Waals surface area contributed by atoms with Crippen molar-refractivity contribution in [3.05, 3.63) is 63.8 Å². The van der Waals surface area contributed by atoms with E-state index in [-0.39, 0.29) is 21.9 Å². The summed E-state index contributed by atoms with van der Waals surface area (Å²) in [6.07, 6.45) is 2.71. The Bertz CT molecular complexity index is 1250. The Morgan fingerprint density at radius 2 is 1.72 bits per heavy atom. The number of piperidine rings is 1. The van der Waals surface area contributed by atoms with E-state index in [2.05, 4.69) is 10.5 Å². The first-order chi connectivity index (χ1) is 15.3. The van der Waals surface area contributed by atoms with Crippen molar-refractivity contribution < 1.29 is 17.7 Å². The number of benzene rings is 2. The lowest BCUT2D eigenvalue weighted by molar-refractivity contribution is 0.102. The summed E-state index contributed by atoms with van der Waals surface area (Å²) in [5, 5.41) is 7.38. The molecule has 0 bridgehead atoms. The van der Waals surface area contributed by atoms with Gasteiger partial charge in [-0.1, -0.05) is 46.9 Å². The van der Waals surface area contributed by atoms with Crippen LogP contribution in [0.15, 0.2) is 51.9 Å². The van der Waals surface area contributed by atoms with E-state index in [1.54, 1.807) is 37.3 Å². The van der Waals surface area contributed by atoms with Gasteiger partial charge >= 0.3 is 0 Å². The van der Waals surface area contributed by atoms with Crippen molar-refractivity contribution in [2.75, 3.05) is 18.4 Å². The Balaban J connectivity index is 1.64. The van der Waals surface area contributed by atoms with Gasteiger partial charge in [-0.3, -0.25) is 4.79 Å². The minimum Gasteiger partial charge on any atom is -0.360 e. The summed E-state index contributed by atoms with van der Waals surface area (Å²) in [6, 6.07) is 11.2. The second-order valence-electron chi connectivity index (χ2n) is 7.51. The minimum atomic E-state index is -3.63. The van der Waals surface area contributed by atoms with Crippen LogP contribution in [0.25, 0.3) is 11.3 Å². The highest BCUT2D eigenvalue weighted by Crippen LogP contribution is 2.37. The number of amides is 1. The Labute approximate surface area is 196 Å². The van der Waals surface area contributed by atoms with Crippen LogP contribution in [0.1, 0.15) is 35.4 Å². The average molecular weight is 494 g/mol. The molecule has 0 aliphatic carbocycles. The fraction of sp³-hybridized carbons (Fsp3) is 0.273. The van der Waals surface area contributed by atoms with Gasteiger partial charge in [0, 0.05) is 24.3 Å². The number of hydrogen-bond donors (Lipinski definition) is 1. The first-order valence-electron chi connectivity index (χ1n) is 10.1. The van der Waals surface area contributed by atoms with Gasteiger partial charge in [0.05, 0.1) is 14.9 Å². The highest BCUT2D eigenvalue weighted by molar-refractivity contribution is 7.89. The first-order valence-corrected chi connectivity index (χ1v) is 12.3. The summed E-state index contributed by atoms with van der Waals surface area (Å²) in [6.45, 7) is 2.61. The summed E-state index contributed by atoms with van der Waals surface area (Å²) in [5.41, 5.74) is 1.11. The number of rotatable bonds is 5. The standard InChI is InChI=1S/C22H21Cl2N3O4S/c1-14-19(21(26-31-14)20-17(23)9-6-10-18(20)24)22(28)25-15-7-5-8-16(13-15)32(29,30)27-11-3-2-4-12-27/h5-10,13H,2-4,11-12H2,1H3,(H,25,28). The lowest BCUT2D eigenvalue weighted by Gasteiger charge is -2.26. The van der Waals surface area contributed by atoms with Crippen LogP contribution in [0.3, 0.4) is 0 Å². The molecule has 1 saturated heterocycles. The average Bonchev–Trinajstić information content (AvgIpc) is 3.15. The largest absolute Gasteiger partial charge is 0.360 e. The molecule has 2 aromatic carbocycles. The Morgan fingerprint density at radius 3 is 2.41 bits per heavy atom. The molecule has 1 amide bonds. The van der Waals surface area contributed by atoms with Gasteiger partial charge in [0.25, 0.3) is 5.91 Å². The quantitative estimate of drug-likeness (QED) is 0.514. The maximum absolute atomic E-state index is 13.1. The van der Waals surface area contributed by atoms with E-state index in [0.29, 0.717) is 34.4 Å². The number of carbonyl (C=O) groups is 1. The summed E-state index contributed by atoms with van der Waals surface area (Å²) in [5.74, 6) is -0.229. The smallest absolute Gasteiger partial charge is 0.261 e. The monoisotopic (exact) mass is 493 g/mol. The van der Waals surface area contributed by atoms with E-state index in [0.717, 1.165) is 19.3 Å². The number of halogens is 2. The SMILES string of the molecule is Cc1onc(-c2c(Cl)cccc2Cl)c1C(=O)Nc1cccc(S(=O)(=O)N2CCCCC2)c1. The highest BCUT2D eigenvalue weighted by atomic mass is 35.5. The number of carbonyl (C=O) groups excluding carboxylic acids is 1. The Kier molecular flexibility index (Phi) is 6.57. The summed E-state index contributed by atoms with van der Waals surface area (Å²) >= 11 is 12.6.